The first-order chi connectivity index (χ1) is 11.7. The Morgan fingerprint density at radius 1 is 1.28 bits per heavy atom. The SMILES string of the molecule is CN[C@@]1(OC(=O)C(F)(F)F)CC[C@H](NC(=O)OCc2ccccc2)C1. The molecule has 2 atom stereocenters. The van der Waals surface area contributed by atoms with E-state index in [2.05, 4.69) is 15.4 Å². The second-order valence-electron chi connectivity index (χ2n) is 5.78. The highest BCUT2D eigenvalue weighted by Crippen LogP contribution is 2.33. The van der Waals surface area contributed by atoms with Crippen molar-refractivity contribution >= 4 is 12.1 Å². The average molecular weight is 360 g/mol. The lowest BCUT2D eigenvalue weighted by Gasteiger charge is -2.29. The number of amides is 1. The fourth-order valence-electron chi connectivity index (χ4n) is 2.67. The predicted octanol–water partition coefficient (Wildman–Crippen LogP) is 2.49. The molecule has 1 aliphatic rings. The number of nitrogens with one attached hydrogen (secondary N) is 2. The molecule has 0 spiro atoms. The first kappa shape index (κ1) is 19.0. The van der Waals surface area contributed by atoms with E-state index >= 15 is 0 Å². The molecule has 1 aromatic rings. The predicted molar refractivity (Wildman–Crippen MR) is 81.3 cm³/mol. The first-order valence-electron chi connectivity index (χ1n) is 7.70. The molecule has 1 amide bonds. The summed E-state index contributed by atoms with van der Waals surface area (Å²) in [6.45, 7) is 0.0830. The van der Waals surface area contributed by atoms with Gasteiger partial charge in [-0.15, -0.1) is 0 Å². The van der Waals surface area contributed by atoms with Gasteiger partial charge in [-0.1, -0.05) is 30.3 Å². The van der Waals surface area contributed by atoms with E-state index < -0.39 is 30.0 Å². The second-order valence-corrected chi connectivity index (χ2v) is 5.78. The number of benzene rings is 1. The quantitative estimate of drug-likeness (QED) is 0.623. The van der Waals surface area contributed by atoms with E-state index in [1.54, 1.807) is 12.1 Å². The van der Waals surface area contributed by atoms with E-state index in [9.17, 15) is 22.8 Å². The van der Waals surface area contributed by atoms with Crippen molar-refractivity contribution in [3.05, 3.63) is 35.9 Å². The lowest BCUT2D eigenvalue weighted by atomic mass is 10.2. The van der Waals surface area contributed by atoms with Crippen molar-refractivity contribution in [3.63, 3.8) is 0 Å². The molecule has 0 bridgehead atoms. The van der Waals surface area contributed by atoms with E-state index in [4.69, 9.17) is 4.74 Å². The van der Waals surface area contributed by atoms with Crippen LogP contribution in [0.5, 0.6) is 0 Å². The van der Waals surface area contributed by atoms with Gasteiger partial charge in [-0.3, -0.25) is 5.32 Å². The molecule has 25 heavy (non-hydrogen) atoms. The zero-order chi connectivity index (χ0) is 18.5. The maximum atomic E-state index is 12.4. The molecule has 0 radical (unpaired) electrons. The fraction of sp³-hybridized carbons (Fsp3) is 0.500. The summed E-state index contributed by atoms with van der Waals surface area (Å²) in [5, 5.41) is 5.18. The topological polar surface area (TPSA) is 76.7 Å². The van der Waals surface area contributed by atoms with E-state index in [0.717, 1.165) is 5.56 Å². The fourth-order valence-corrected chi connectivity index (χ4v) is 2.67. The van der Waals surface area contributed by atoms with Crippen LogP contribution in [0.25, 0.3) is 0 Å². The molecule has 0 heterocycles. The number of hydrogen-bond acceptors (Lipinski definition) is 5. The number of halogens is 3. The Bertz CT molecular complexity index is 609. The van der Waals surface area contributed by atoms with Crippen molar-refractivity contribution in [1.82, 2.24) is 10.6 Å². The third-order valence-electron chi connectivity index (χ3n) is 3.98. The molecule has 1 saturated carbocycles. The zero-order valence-electron chi connectivity index (χ0n) is 13.6. The Balaban J connectivity index is 1.84. The average Bonchev–Trinajstić information content (AvgIpc) is 2.96. The van der Waals surface area contributed by atoms with Crippen LogP contribution >= 0.6 is 0 Å². The van der Waals surface area contributed by atoms with Crippen molar-refractivity contribution in [2.75, 3.05) is 7.05 Å². The number of carbonyl (C=O) groups excluding carboxylic acids is 2. The van der Waals surface area contributed by atoms with Gasteiger partial charge in [0.1, 0.15) is 6.61 Å². The lowest BCUT2D eigenvalue weighted by Crippen LogP contribution is -2.49. The first-order valence-corrected chi connectivity index (χ1v) is 7.70. The standard InChI is InChI=1S/C16H19F3N2O4/c1-20-15(25-13(22)16(17,18)19)8-7-12(9-15)21-14(23)24-10-11-5-3-2-4-6-11/h2-6,12,20H,7-10H2,1H3,(H,21,23)/t12-,15+/m0/s1. The molecule has 0 saturated heterocycles. The van der Waals surface area contributed by atoms with Crippen LogP contribution in [0, 0.1) is 0 Å². The molecular formula is C16H19F3N2O4. The lowest BCUT2D eigenvalue weighted by molar-refractivity contribution is -0.216. The summed E-state index contributed by atoms with van der Waals surface area (Å²) < 4.78 is 46.8. The van der Waals surface area contributed by atoms with Crippen LogP contribution in [0.15, 0.2) is 30.3 Å². The van der Waals surface area contributed by atoms with E-state index in [1.165, 1.54) is 7.05 Å². The normalized spacial score (nSPS) is 23.1. The summed E-state index contributed by atoms with van der Waals surface area (Å²) in [4.78, 5) is 22.9. The van der Waals surface area contributed by atoms with Crippen LogP contribution in [0.3, 0.4) is 0 Å². The van der Waals surface area contributed by atoms with Crippen LogP contribution in [0.1, 0.15) is 24.8 Å². The molecule has 2 N–H and O–H groups in total. The van der Waals surface area contributed by atoms with Gasteiger partial charge in [0, 0.05) is 18.9 Å². The Kier molecular flexibility index (Phi) is 5.89. The molecule has 0 aliphatic heterocycles. The number of ether oxygens (including phenoxy) is 2. The van der Waals surface area contributed by atoms with Crippen molar-refractivity contribution in [1.29, 1.82) is 0 Å². The molecular weight excluding hydrogens is 341 g/mol. The van der Waals surface area contributed by atoms with Gasteiger partial charge >= 0.3 is 18.2 Å². The van der Waals surface area contributed by atoms with E-state index in [0.29, 0.717) is 6.42 Å². The minimum absolute atomic E-state index is 0.0196. The van der Waals surface area contributed by atoms with Crippen molar-refractivity contribution in [2.45, 2.75) is 43.8 Å². The second kappa shape index (κ2) is 7.73. The summed E-state index contributed by atoms with van der Waals surface area (Å²) in [6.07, 6.45) is -5.22. The van der Waals surface area contributed by atoms with Crippen molar-refractivity contribution < 1.29 is 32.2 Å². The highest BCUT2D eigenvalue weighted by Gasteiger charge is 2.49. The van der Waals surface area contributed by atoms with Gasteiger partial charge in [0.2, 0.25) is 0 Å². The number of esters is 1. The molecule has 6 nitrogen and oxygen atoms in total. The number of alkyl carbamates (subject to hydrolysis) is 1. The number of carbonyl (C=O) groups is 2. The Morgan fingerprint density at radius 2 is 1.96 bits per heavy atom. The molecule has 1 aliphatic carbocycles. The van der Waals surface area contributed by atoms with Gasteiger partial charge in [-0.05, 0) is 19.0 Å². The van der Waals surface area contributed by atoms with Gasteiger partial charge in [0.25, 0.3) is 0 Å². The maximum Gasteiger partial charge on any atom is 0.490 e. The maximum absolute atomic E-state index is 12.4. The number of alkyl halides is 3. The summed E-state index contributed by atoms with van der Waals surface area (Å²) >= 11 is 0. The molecule has 1 fully saturated rings. The molecule has 138 valence electrons. The number of rotatable bonds is 5. The third kappa shape index (κ3) is 5.35. The minimum atomic E-state index is -5.07. The largest absolute Gasteiger partial charge is 0.490 e. The van der Waals surface area contributed by atoms with Crippen LogP contribution < -0.4 is 10.6 Å². The molecule has 2 rings (SSSR count). The van der Waals surface area contributed by atoms with Gasteiger partial charge < -0.3 is 14.8 Å². The van der Waals surface area contributed by atoms with Gasteiger partial charge in [-0.25, -0.2) is 9.59 Å². The highest BCUT2D eigenvalue weighted by atomic mass is 19.4. The van der Waals surface area contributed by atoms with Crippen molar-refractivity contribution in [3.8, 4) is 0 Å². The minimum Gasteiger partial charge on any atom is -0.445 e. The molecule has 9 heteroatoms. The molecule has 0 unspecified atom stereocenters. The Labute approximate surface area is 142 Å². The van der Waals surface area contributed by atoms with E-state index in [1.807, 2.05) is 18.2 Å². The summed E-state index contributed by atoms with van der Waals surface area (Å²) in [7, 11) is 1.40. The van der Waals surface area contributed by atoms with Gasteiger partial charge in [0.05, 0.1) is 0 Å². The summed E-state index contributed by atoms with van der Waals surface area (Å²) in [6, 6.07) is 8.59. The molecule has 0 aromatic heterocycles. The Morgan fingerprint density at radius 3 is 2.56 bits per heavy atom. The highest BCUT2D eigenvalue weighted by molar-refractivity contribution is 5.76. The Hall–Kier alpha value is -2.29. The van der Waals surface area contributed by atoms with Gasteiger partial charge in [0.15, 0.2) is 5.72 Å². The van der Waals surface area contributed by atoms with Gasteiger partial charge in [-0.2, -0.15) is 13.2 Å². The smallest absolute Gasteiger partial charge is 0.445 e. The third-order valence-corrected chi connectivity index (χ3v) is 3.98. The van der Waals surface area contributed by atoms with Crippen LogP contribution in [0.4, 0.5) is 18.0 Å². The van der Waals surface area contributed by atoms with Crippen LogP contribution in [0.2, 0.25) is 0 Å². The summed E-state index contributed by atoms with van der Waals surface area (Å²) in [5.41, 5.74) is -0.642. The summed E-state index contributed by atoms with van der Waals surface area (Å²) in [5.74, 6) is -2.26. The van der Waals surface area contributed by atoms with Crippen molar-refractivity contribution in [2.24, 2.45) is 0 Å². The molecule has 1 aromatic carbocycles. The monoisotopic (exact) mass is 360 g/mol. The van der Waals surface area contributed by atoms with Crippen LogP contribution in [-0.2, 0) is 20.9 Å². The number of hydrogen-bond donors (Lipinski definition) is 2. The van der Waals surface area contributed by atoms with Crippen LogP contribution in [-0.4, -0.2) is 37.1 Å². The van der Waals surface area contributed by atoms with E-state index in [-0.39, 0.29) is 19.4 Å². The zero-order valence-corrected chi connectivity index (χ0v) is 13.6.